The molecule has 0 aromatic heterocycles. The summed E-state index contributed by atoms with van der Waals surface area (Å²) in [6.45, 7) is 0.689. The summed E-state index contributed by atoms with van der Waals surface area (Å²) in [4.78, 5) is 16.3. The first kappa shape index (κ1) is 22.7. The van der Waals surface area contributed by atoms with E-state index in [-0.39, 0.29) is 47.7 Å². The second kappa shape index (κ2) is 10.3. The highest BCUT2D eigenvalue weighted by molar-refractivity contribution is 14.0. The summed E-state index contributed by atoms with van der Waals surface area (Å²) in [6.07, 6.45) is 7.35. The van der Waals surface area contributed by atoms with Crippen LogP contribution < -0.4 is 16.0 Å². The predicted octanol–water partition coefficient (Wildman–Crippen LogP) is 3.26. The van der Waals surface area contributed by atoms with Gasteiger partial charge in [-0.05, 0) is 48.7 Å². The molecular weight excluding hydrogens is 482 g/mol. The Kier molecular flexibility index (Phi) is 8.02. The summed E-state index contributed by atoms with van der Waals surface area (Å²) >= 11 is 0. The van der Waals surface area contributed by atoms with Gasteiger partial charge in [0.05, 0.1) is 6.54 Å². The van der Waals surface area contributed by atoms with Crippen LogP contribution in [0.4, 0.5) is 10.1 Å². The number of nitrogens with zero attached hydrogens (tertiary/aromatic N) is 1. The van der Waals surface area contributed by atoms with E-state index >= 15 is 0 Å². The Labute approximate surface area is 187 Å². The Morgan fingerprint density at radius 2 is 1.97 bits per heavy atom. The molecule has 0 spiro atoms. The summed E-state index contributed by atoms with van der Waals surface area (Å²) in [5, 5.41) is 9.02. The average molecular weight is 506 g/mol. The lowest BCUT2D eigenvalue weighted by Gasteiger charge is -2.19. The lowest BCUT2D eigenvalue weighted by Crippen LogP contribution is -2.44. The minimum Gasteiger partial charge on any atom is -0.356 e. The summed E-state index contributed by atoms with van der Waals surface area (Å²) in [6, 6.07) is 13.8. The van der Waals surface area contributed by atoms with E-state index in [4.69, 9.17) is 6.42 Å². The van der Waals surface area contributed by atoms with Crippen LogP contribution in [0.2, 0.25) is 0 Å². The third kappa shape index (κ3) is 6.19. The Morgan fingerprint density at radius 1 is 1.21 bits per heavy atom. The third-order valence-corrected chi connectivity index (χ3v) is 4.84. The summed E-state index contributed by atoms with van der Waals surface area (Å²) < 4.78 is 13.5. The Balaban J connectivity index is 0.00000300. The van der Waals surface area contributed by atoms with Gasteiger partial charge < -0.3 is 16.0 Å². The maximum absolute atomic E-state index is 13.5. The van der Waals surface area contributed by atoms with Crippen molar-refractivity contribution in [2.24, 2.45) is 4.99 Å². The van der Waals surface area contributed by atoms with E-state index in [9.17, 15) is 9.18 Å². The van der Waals surface area contributed by atoms with E-state index in [2.05, 4.69) is 26.9 Å². The van der Waals surface area contributed by atoms with Gasteiger partial charge in [0.2, 0.25) is 5.91 Å². The Morgan fingerprint density at radius 3 is 2.62 bits per heavy atom. The summed E-state index contributed by atoms with van der Waals surface area (Å²) in [5.74, 6) is 2.63. The molecule has 1 aliphatic carbocycles. The van der Waals surface area contributed by atoms with Gasteiger partial charge in [0.25, 0.3) is 0 Å². The molecule has 0 atom stereocenters. The fourth-order valence-electron chi connectivity index (χ4n) is 3.07. The largest absolute Gasteiger partial charge is 0.356 e. The fraction of sp³-hybridized carbons (Fsp3) is 0.273. The molecule has 0 aliphatic heterocycles. The van der Waals surface area contributed by atoms with Crippen molar-refractivity contribution in [2.45, 2.75) is 18.3 Å². The minimum atomic E-state index is -0.225. The second-order valence-electron chi connectivity index (χ2n) is 6.84. The fourth-order valence-corrected chi connectivity index (χ4v) is 3.07. The molecule has 29 heavy (non-hydrogen) atoms. The molecule has 2 aromatic carbocycles. The van der Waals surface area contributed by atoms with Gasteiger partial charge in [0, 0.05) is 30.3 Å². The van der Waals surface area contributed by atoms with Crippen LogP contribution in [0, 0.1) is 18.2 Å². The first-order chi connectivity index (χ1) is 13.5. The average Bonchev–Trinajstić information content (AvgIpc) is 3.49. The van der Waals surface area contributed by atoms with Crippen LogP contribution in [0.1, 0.15) is 24.0 Å². The monoisotopic (exact) mass is 506 g/mol. The summed E-state index contributed by atoms with van der Waals surface area (Å²) in [7, 11) is 1.64. The number of guanidine groups is 1. The lowest BCUT2D eigenvalue weighted by molar-refractivity contribution is -0.115. The molecule has 0 saturated heterocycles. The van der Waals surface area contributed by atoms with Gasteiger partial charge in [-0.15, -0.1) is 30.4 Å². The molecule has 3 N–H and O–H groups in total. The molecule has 152 valence electrons. The number of amides is 1. The van der Waals surface area contributed by atoms with Gasteiger partial charge >= 0.3 is 0 Å². The van der Waals surface area contributed by atoms with Crippen LogP contribution >= 0.6 is 24.0 Å². The first-order valence-corrected chi connectivity index (χ1v) is 9.12. The Bertz CT molecular complexity index is 934. The number of rotatable bonds is 6. The molecule has 3 rings (SSSR count). The van der Waals surface area contributed by atoms with E-state index in [0.717, 1.165) is 18.4 Å². The van der Waals surface area contributed by atoms with Crippen LogP contribution in [-0.4, -0.2) is 32.0 Å². The van der Waals surface area contributed by atoms with Gasteiger partial charge in [0.15, 0.2) is 5.96 Å². The van der Waals surface area contributed by atoms with Crippen LogP contribution in [-0.2, 0) is 10.2 Å². The smallest absolute Gasteiger partial charge is 0.243 e. The maximum atomic E-state index is 13.5. The minimum absolute atomic E-state index is 0. The van der Waals surface area contributed by atoms with E-state index in [1.54, 1.807) is 43.4 Å². The number of hydrogen-bond donors (Lipinski definition) is 3. The normalized spacial score (nSPS) is 14.2. The van der Waals surface area contributed by atoms with Gasteiger partial charge in [-0.2, -0.15) is 0 Å². The number of aliphatic imine (C=N–C) groups is 1. The molecule has 0 heterocycles. The number of hydrogen-bond acceptors (Lipinski definition) is 2. The highest BCUT2D eigenvalue weighted by atomic mass is 127. The zero-order valence-electron chi connectivity index (χ0n) is 16.2. The molecule has 2 aromatic rings. The quantitative estimate of drug-likeness (QED) is 0.244. The van der Waals surface area contributed by atoms with Crippen molar-refractivity contribution in [3.05, 3.63) is 65.5 Å². The number of nitrogens with one attached hydrogen (secondary N) is 3. The zero-order valence-corrected chi connectivity index (χ0v) is 18.5. The van der Waals surface area contributed by atoms with Gasteiger partial charge in [-0.25, -0.2) is 4.39 Å². The molecule has 0 bridgehead atoms. The summed E-state index contributed by atoms with van der Waals surface area (Å²) in [5.41, 5.74) is 2.27. The first-order valence-electron chi connectivity index (χ1n) is 9.12. The number of carbonyl (C=O) groups is 1. The highest BCUT2D eigenvalue weighted by Gasteiger charge is 2.44. The maximum Gasteiger partial charge on any atom is 0.243 e. The lowest BCUT2D eigenvalue weighted by atomic mass is 9.96. The van der Waals surface area contributed by atoms with Crippen molar-refractivity contribution in [1.29, 1.82) is 0 Å². The van der Waals surface area contributed by atoms with Crippen molar-refractivity contribution >= 4 is 41.5 Å². The standard InChI is InChI=1S/C22H23FN4O.HI/c1-3-16-6-4-9-19(12-16)27-20(28)14-25-21(24-2)26-15-22(10-11-22)17-7-5-8-18(23)13-17;/h1,4-9,12-13H,10-11,14-15H2,2H3,(H,27,28)(H2,24,25,26);1H. The number of carbonyl (C=O) groups excluding carboxylic acids is 1. The predicted molar refractivity (Wildman–Crippen MR) is 125 cm³/mol. The van der Waals surface area contributed by atoms with Gasteiger partial charge in [0.1, 0.15) is 5.82 Å². The SMILES string of the molecule is C#Cc1cccc(NC(=O)CNC(=NC)NCC2(c3cccc(F)c3)CC2)c1.I. The van der Waals surface area contributed by atoms with E-state index < -0.39 is 0 Å². The molecular formula is C22H24FIN4O. The third-order valence-electron chi connectivity index (χ3n) is 4.84. The highest BCUT2D eigenvalue weighted by Crippen LogP contribution is 2.47. The topological polar surface area (TPSA) is 65.5 Å². The van der Waals surface area contributed by atoms with Crippen molar-refractivity contribution in [3.63, 3.8) is 0 Å². The van der Waals surface area contributed by atoms with Crippen LogP contribution in [0.3, 0.4) is 0 Å². The van der Waals surface area contributed by atoms with E-state index in [1.807, 2.05) is 6.07 Å². The number of benzene rings is 2. The van der Waals surface area contributed by atoms with Crippen molar-refractivity contribution in [1.82, 2.24) is 10.6 Å². The molecule has 0 unspecified atom stereocenters. The van der Waals surface area contributed by atoms with Crippen molar-refractivity contribution < 1.29 is 9.18 Å². The van der Waals surface area contributed by atoms with Gasteiger partial charge in [-0.1, -0.05) is 24.1 Å². The van der Waals surface area contributed by atoms with Crippen LogP contribution in [0.25, 0.3) is 0 Å². The van der Waals surface area contributed by atoms with Crippen molar-refractivity contribution in [2.75, 3.05) is 25.5 Å². The second-order valence-corrected chi connectivity index (χ2v) is 6.84. The molecule has 0 radical (unpaired) electrons. The molecule has 5 nitrogen and oxygen atoms in total. The Hall–Kier alpha value is -2.60. The van der Waals surface area contributed by atoms with Crippen LogP contribution in [0.5, 0.6) is 0 Å². The molecule has 1 aliphatic rings. The number of anilines is 1. The molecule has 7 heteroatoms. The van der Waals surface area contributed by atoms with E-state index in [0.29, 0.717) is 23.8 Å². The number of terminal acetylenes is 1. The van der Waals surface area contributed by atoms with Crippen molar-refractivity contribution in [3.8, 4) is 12.3 Å². The van der Waals surface area contributed by atoms with Crippen LogP contribution in [0.15, 0.2) is 53.5 Å². The molecule has 1 saturated carbocycles. The van der Waals surface area contributed by atoms with Gasteiger partial charge in [-0.3, -0.25) is 9.79 Å². The zero-order chi connectivity index (χ0) is 20.0. The van der Waals surface area contributed by atoms with E-state index in [1.165, 1.54) is 6.07 Å². The molecule has 1 amide bonds. The molecule has 1 fully saturated rings. The number of halogens is 2.